The van der Waals surface area contributed by atoms with E-state index in [4.69, 9.17) is 0 Å². The number of nitrogens with zero attached hydrogens (tertiary/aromatic N) is 1. The van der Waals surface area contributed by atoms with E-state index in [1.54, 1.807) is 0 Å². The number of rotatable bonds is 3. The average Bonchev–Trinajstić information content (AvgIpc) is 2.36. The van der Waals surface area contributed by atoms with Gasteiger partial charge in [0.2, 0.25) is 0 Å². The molecule has 0 aromatic rings. The zero-order chi connectivity index (χ0) is 8.32. The van der Waals surface area contributed by atoms with Gasteiger partial charge >= 0.3 is 51.4 Å². The molecule has 0 radical (unpaired) electrons. The number of hydrogen-bond acceptors (Lipinski definition) is 0. The smallest absolute Gasteiger partial charge is 0.662 e. The fourth-order valence-corrected chi connectivity index (χ4v) is 1.93. The second-order valence-electron chi connectivity index (χ2n) is 4.38. The van der Waals surface area contributed by atoms with E-state index in [9.17, 15) is 0 Å². The van der Waals surface area contributed by atoms with Crippen molar-refractivity contribution in [3.63, 3.8) is 0 Å². The van der Waals surface area contributed by atoms with Gasteiger partial charge in [-0.15, -0.1) is 13.1 Å². The van der Waals surface area contributed by atoms with E-state index in [1.165, 1.54) is 19.3 Å². The SMILES string of the molecule is CCC(C)CC1(C)CC[N-]C1.[K+]. The number of hydrogen-bond donors (Lipinski definition) is 0. The first-order valence-corrected chi connectivity index (χ1v) is 4.79. The minimum absolute atomic E-state index is 0. The van der Waals surface area contributed by atoms with Crippen LogP contribution in [0.15, 0.2) is 0 Å². The van der Waals surface area contributed by atoms with E-state index < -0.39 is 0 Å². The third kappa shape index (κ3) is 4.21. The van der Waals surface area contributed by atoms with Crippen LogP contribution in [0, 0.1) is 11.3 Å². The molecule has 0 aromatic carbocycles. The molecule has 1 fully saturated rings. The Labute approximate surface area is 119 Å². The Kier molecular flexibility index (Phi) is 6.97. The fourth-order valence-electron chi connectivity index (χ4n) is 1.93. The molecule has 12 heavy (non-hydrogen) atoms. The molecule has 1 rings (SSSR count). The third-order valence-corrected chi connectivity index (χ3v) is 2.91. The van der Waals surface area contributed by atoms with Crippen molar-refractivity contribution in [1.82, 2.24) is 0 Å². The average molecular weight is 193 g/mol. The monoisotopic (exact) mass is 193 g/mol. The van der Waals surface area contributed by atoms with Gasteiger partial charge in [0, 0.05) is 0 Å². The molecule has 1 aliphatic rings. The summed E-state index contributed by atoms with van der Waals surface area (Å²) in [5, 5.41) is 4.42. The molecule has 2 heteroatoms. The van der Waals surface area contributed by atoms with Crippen LogP contribution in [0.4, 0.5) is 0 Å². The molecule has 0 amide bonds. The van der Waals surface area contributed by atoms with Crippen LogP contribution in [-0.2, 0) is 0 Å². The largest absolute Gasteiger partial charge is 1.00 e. The maximum atomic E-state index is 4.42. The van der Waals surface area contributed by atoms with Crippen molar-refractivity contribution in [3.05, 3.63) is 5.32 Å². The summed E-state index contributed by atoms with van der Waals surface area (Å²) in [6.45, 7) is 9.23. The Morgan fingerprint density at radius 3 is 2.58 bits per heavy atom. The van der Waals surface area contributed by atoms with Crippen LogP contribution in [0.5, 0.6) is 0 Å². The molecular weight excluding hydrogens is 173 g/mol. The maximum absolute atomic E-state index is 4.42. The van der Waals surface area contributed by atoms with Gasteiger partial charge in [-0.3, -0.25) is 0 Å². The van der Waals surface area contributed by atoms with E-state index in [-0.39, 0.29) is 51.4 Å². The van der Waals surface area contributed by atoms with Gasteiger partial charge in [-0.1, -0.05) is 39.0 Å². The standard InChI is InChI=1S/C10H20N.K/c1-4-9(2)7-10(3)5-6-11-8-10;/h9H,4-8H2,1-3H3;/q-1;+1. The Balaban J connectivity index is 0.00000121. The molecule has 66 valence electrons. The molecule has 2 unspecified atom stereocenters. The van der Waals surface area contributed by atoms with E-state index in [0.717, 1.165) is 19.0 Å². The van der Waals surface area contributed by atoms with Gasteiger partial charge in [0.1, 0.15) is 0 Å². The molecule has 0 spiro atoms. The topological polar surface area (TPSA) is 14.1 Å². The Morgan fingerprint density at radius 2 is 2.17 bits per heavy atom. The van der Waals surface area contributed by atoms with E-state index in [0.29, 0.717) is 5.41 Å². The first-order valence-electron chi connectivity index (χ1n) is 4.79. The van der Waals surface area contributed by atoms with Gasteiger partial charge in [0.25, 0.3) is 0 Å². The van der Waals surface area contributed by atoms with Crippen LogP contribution >= 0.6 is 0 Å². The molecule has 1 aliphatic heterocycles. The summed E-state index contributed by atoms with van der Waals surface area (Å²) in [5.74, 6) is 0.883. The summed E-state index contributed by atoms with van der Waals surface area (Å²) in [6, 6.07) is 0. The van der Waals surface area contributed by atoms with Crippen molar-refractivity contribution in [2.75, 3.05) is 13.1 Å². The van der Waals surface area contributed by atoms with E-state index in [1.807, 2.05) is 0 Å². The van der Waals surface area contributed by atoms with Gasteiger partial charge in [0.15, 0.2) is 0 Å². The zero-order valence-electron chi connectivity index (χ0n) is 9.06. The van der Waals surface area contributed by atoms with Crippen LogP contribution in [0.3, 0.4) is 0 Å². The predicted octanol–water partition coefficient (Wildman–Crippen LogP) is 0.210. The van der Waals surface area contributed by atoms with Gasteiger partial charge in [0.05, 0.1) is 0 Å². The molecule has 0 aliphatic carbocycles. The van der Waals surface area contributed by atoms with E-state index in [2.05, 4.69) is 26.1 Å². The van der Waals surface area contributed by atoms with Crippen LogP contribution in [0.1, 0.15) is 40.0 Å². The summed E-state index contributed by atoms with van der Waals surface area (Å²) in [4.78, 5) is 0. The molecule has 1 heterocycles. The summed E-state index contributed by atoms with van der Waals surface area (Å²) < 4.78 is 0. The summed E-state index contributed by atoms with van der Waals surface area (Å²) in [6.07, 6.45) is 4.00. The minimum atomic E-state index is 0. The Morgan fingerprint density at radius 1 is 1.50 bits per heavy atom. The Hall–Kier alpha value is 1.60. The van der Waals surface area contributed by atoms with Crippen molar-refractivity contribution in [2.45, 2.75) is 40.0 Å². The first kappa shape index (κ1) is 13.6. The normalized spacial score (nSPS) is 31.2. The summed E-state index contributed by atoms with van der Waals surface area (Å²) in [5.41, 5.74) is 0.551. The van der Waals surface area contributed by atoms with Crippen LogP contribution < -0.4 is 51.4 Å². The third-order valence-electron chi connectivity index (χ3n) is 2.91. The summed E-state index contributed by atoms with van der Waals surface area (Å²) >= 11 is 0. The van der Waals surface area contributed by atoms with Crippen molar-refractivity contribution in [1.29, 1.82) is 0 Å². The molecular formula is C10H20KN. The predicted molar refractivity (Wildman–Crippen MR) is 49.9 cm³/mol. The van der Waals surface area contributed by atoms with Gasteiger partial charge < -0.3 is 5.32 Å². The molecule has 0 bridgehead atoms. The minimum Gasteiger partial charge on any atom is -0.662 e. The molecule has 1 saturated heterocycles. The van der Waals surface area contributed by atoms with Crippen LogP contribution in [0.25, 0.3) is 5.32 Å². The first-order chi connectivity index (χ1) is 5.16. The zero-order valence-corrected chi connectivity index (χ0v) is 12.2. The Bertz CT molecular complexity index is 119. The van der Waals surface area contributed by atoms with Crippen LogP contribution in [0.2, 0.25) is 0 Å². The van der Waals surface area contributed by atoms with Crippen LogP contribution in [-0.4, -0.2) is 13.1 Å². The fraction of sp³-hybridized carbons (Fsp3) is 1.00. The molecule has 0 saturated carbocycles. The second-order valence-corrected chi connectivity index (χ2v) is 4.38. The van der Waals surface area contributed by atoms with Crippen molar-refractivity contribution >= 4 is 0 Å². The van der Waals surface area contributed by atoms with Gasteiger partial charge in [-0.2, -0.15) is 0 Å². The summed E-state index contributed by atoms with van der Waals surface area (Å²) in [7, 11) is 0. The van der Waals surface area contributed by atoms with Crippen molar-refractivity contribution in [2.24, 2.45) is 11.3 Å². The van der Waals surface area contributed by atoms with Gasteiger partial charge in [-0.05, 0) is 12.3 Å². The molecule has 1 nitrogen and oxygen atoms in total. The maximum Gasteiger partial charge on any atom is 1.00 e. The molecule has 0 N–H and O–H groups in total. The van der Waals surface area contributed by atoms with Crippen molar-refractivity contribution < 1.29 is 51.4 Å². The molecule has 2 atom stereocenters. The van der Waals surface area contributed by atoms with E-state index >= 15 is 0 Å². The van der Waals surface area contributed by atoms with Crippen molar-refractivity contribution in [3.8, 4) is 0 Å². The quantitative estimate of drug-likeness (QED) is 0.569. The molecule has 0 aromatic heterocycles. The van der Waals surface area contributed by atoms with Gasteiger partial charge in [-0.25, -0.2) is 0 Å². The second kappa shape index (κ2) is 6.15.